The molecule has 14 heavy (non-hydrogen) atoms. The number of aliphatic hydroxyl groups excluding tert-OH is 1. The third-order valence-corrected chi connectivity index (χ3v) is 0. The molecule has 0 bridgehead atoms. The van der Waals surface area contributed by atoms with Gasteiger partial charge in [0.1, 0.15) is 0 Å². The molecular weight excluding hydrogens is 276 g/mol. The predicted octanol–water partition coefficient (Wildman–Crippen LogP) is -0.132. The minimum atomic E-state index is 0.427. The maximum absolute atomic E-state index is 7.98. The topological polar surface area (TPSA) is 120 Å². The molecule has 0 aromatic heterocycles. The SMILES string of the molecule is C[C](O)=[Mo].[C-]#[O+].[C-]#[O+].[C-]#[O+].[C-]#[O+].[C-]#[O+]. The summed E-state index contributed by atoms with van der Waals surface area (Å²) in [5.41, 5.74) is 0. The number of hydrogen-bond donors (Lipinski definition) is 1. The molecule has 1 N–H and O–H groups in total. The minimum absolute atomic E-state index is 0.427. The molecule has 0 saturated carbocycles. The summed E-state index contributed by atoms with van der Waals surface area (Å²) in [6.07, 6.45) is 0. The van der Waals surface area contributed by atoms with E-state index in [1.807, 2.05) is 0 Å². The molecule has 74 valence electrons. The fourth-order valence-electron chi connectivity index (χ4n) is 0. The molecule has 0 heterocycles. The van der Waals surface area contributed by atoms with Gasteiger partial charge < -0.3 is 0 Å². The Kier molecular flexibility index (Phi) is 845. The summed E-state index contributed by atoms with van der Waals surface area (Å²) in [6, 6.07) is 0. The molecule has 0 fully saturated rings. The maximum atomic E-state index is 7.98. The number of hydrogen-bond acceptors (Lipinski definition) is 1. The second kappa shape index (κ2) is 312. The summed E-state index contributed by atoms with van der Waals surface area (Å²) in [5.74, 6) is 0. The molecule has 0 amide bonds. The zero-order valence-corrected chi connectivity index (χ0v) is 8.90. The van der Waals surface area contributed by atoms with Crippen LogP contribution in [0.2, 0.25) is 0 Å². The molecule has 0 radical (unpaired) electrons. The van der Waals surface area contributed by atoms with Gasteiger partial charge in [-0.2, -0.15) is 0 Å². The second-order valence-electron chi connectivity index (χ2n) is 0.519. The fourth-order valence-corrected chi connectivity index (χ4v) is 0. The van der Waals surface area contributed by atoms with Crippen LogP contribution in [0.15, 0.2) is 0 Å². The monoisotopic (exact) mass is 282 g/mol. The molecule has 0 rings (SSSR count). The van der Waals surface area contributed by atoms with Crippen LogP contribution in [0.3, 0.4) is 0 Å². The van der Waals surface area contributed by atoms with Gasteiger partial charge >= 0.3 is 92.0 Å². The fraction of sp³-hybridized carbons (Fsp3) is 0.143. The van der Waals surface area contributed by atoms with Gasteiger partial charge in [-0.15, -0.1) is 0 Å². The van der Waals surface area contributed by atoms with Gasteiger partial charge in [-0.25, -0.2) is 0 Å². The van der Waals surface area contributed by atoms with Gasteiger partial charge in [0, 0.05) is 0 Å². The molecule has 0 spiro atoms. The average Bonchev–Trinajstić information content (AvgIpc) is 2.30. The van der Waals surface area contributed by atoms with Crippen molar-refractivity contribution in [3.8, 4) is 0 Å². The van der Waals surface area contributed by atoms with Crippen molar-refractivity contribution in [1.82, 2.24) is 0 Å². The first-order valence-electron chi connectivity index (χ1n) is 1.95. The van der Waals surface area contributed by atoms with Crippen molar-refractivity contribution in [3.63, 3.8) is 0 Å². The zero-order valence-electron chi connectivity index (χ0n) is 6.90. The zero-order chi connectivity index (χ0) is 13.6. The van der Waals surface area contributed by atoms with E-state index in [9.17, 15) is 0 Å². The van der Waals surface area contributed by atoms with E-state index < -0.39 is 0 Å². The Hall–Kier alpha value is -0.782. The molecule has 6 nitrogen and oxygen atoms in total. The Balaban J connectivity index is -0.0000000143. The molecule has 7 heteroatoms. The molecule has 0 saturated heterocycles. The van der Waals surface area contributed by atoms with Crippen LogP contribution < -0.4 is 0 Å². The van der Waals surface area contributed by atoms with Crippen LogP contribution >= 0.6 is 0 Å². The number of aliphatic hydroxyl groups is 1. The molecule has 0 aromatic rings. The Bertz CT molecular complexity index is 136. The van der Waals surface area contributed by atoms with Crippen molar-refractivity contribution in [2.45, 2.75) is 6.92 Å². The Morgan fingerprint density at radius 1 is 0.786 bits per heavy atom. The Labute approximate surface area is 92.3 Å². The third kappa shape index (κ3) is 1920. The molecule has 0 aliphatic rings. The van der Waals surface area contributed by atoms with Crippen molar-refractivity contribution in [1.29, 1.82) is 0 Å². The first-order valence-corrected chi connectivity index (χ1v) is 2.95. The molecular formula is C7H4MoO6. The Morgan fingerprint density at radius 3 is 0.786 bits per heavy atom. The standard InChI is InChI=1S/C2H4O.5CO.Mo/c1-2-3;5*1-2;/h3H,1H3;;;;;;. The summed E-state index contributed by atoms with van der Waals surface area (Å²) in [6.45, 7) is 24.1. The van der Waals surface area contributed by atoms with Crippen LogP contribution in [0.4, 0.5) is 0 Å². The van der Waals surface area contributed by atoms with Gasteiger partial charge in [-0.3, -0.25) is 0 Å². The van der Waals surface area contributed by atoms with Crippen LogP contribution in [-0.2, 0) is 42.6 Å². The summed E-state index contributed by atoms with van der Waals surface area (Å²) >= 11 is 1.58. The summed E-state index contributed by atoms with van der Waals surface area (Å²) in [5, 5.41) is 7.98. The van der Waals surface area contributed by atoms with Gasteiger partial charge in [0.25, 0.3) is 0 Å². The van der Waals surface area contributed by atoms with E-state index in [1.54, 1.807) is 26.3 Å². The van der Waals surface area contributed by atoms with Crippen LogP contribution in [0.5, 0.6) is 0 Å². The summed E-state index contributed by atoms with van der Waals surface area (Å²) < 4.78 is 37.9. The van der Waals surface area contributed by atoms with Crippen molar-refractivity contribution in [2.75, 3.05) is 0 Å². The molecule has 0 aliphatic heterocycles. The van der Waals surface area contributed by atoms with Gasteiger partial charge in [-0.1, -0.05) is 0 Å². The van der Waals surface area contributed by atoms with Crippen molar-refractivity contribution in [3.05, 3.63) is 33.3 Å². The van der Waals surface area contributed by atoms with Crippen molar-refractivity contribution < 1.29 is 47.7 Å². The first-order chi connectivity index (χ1) is 6.73. The molecule has 0 atom stereocenters. The molecule has 0 aromatic carbocycles. The quantitative estimate of drug-likeness (QED) is 0.371. The normalized spacial score (nSPS) is 2.57. The van der Waals surface area contributed by atoms with E-state index in [0.29, 0.717) is 4.08 Å². The summed E-state index contributed by atoms with van der Waals surface area (Å²) in [4.78, 5) is 0. The van der Waals surface area contributed by atoms with E-state index in [2.05, 4.69) is 33.3 Å². The number of rotatable bonds is 0. The van der Waals surface area contributed by atoms with Crippen LogP contribution in [-0.4, -0.2) is 9.19 Å². The van der Waals surface area contributed by atoms with Gasteiger partial charge in [0.15, 0.2) is 0 Å². The average molecular weight is 280 g/mol. The summed E-state index contributed by atoms with van der Waals surface area (Å²) in [7, 11) is 0. The van der Waals surface area contributed by atoms with E-state index in [-0.39, 0.29) is 0 Å². The van der Waals surface area contributed by atoms with Crippen LogP contribution in [0, 0.1) is 33.3 Å². The Morgan fingerprint density at radius 2 is 0.786 bits per heavy atom. The predicted molar refractivity (Wildman–Crippen MR) is 32.3 cm³/mol. The van der Waals surface area contributed by atoms with Crippen LogP contribution in [0.25, 0.3) is 0 Å². The van der Waals surface area contributed by atoms with Gasteiger partial charge in [0.2, 0.25) is 0 Å². The van der Waals surface area contributed by atoms with Gasteiger partial charge in [0.05, 0.1) is 0 Å². The van der Waals surface area contributed by atoms with E-state index in [1.165, 1.54) is 0 Å². The van der Waals surface area contributed by atoms with Crippen molar-refractivity contribution >= 4 is 4.08 Å². The van der Waals surface area contributed by atoms with E-state index in [4.69, 9.17) is 28.4 Å². The van der Waals surface area contributed by atoms with E-state index >= 15 is 0 Å². The van der Waals surface area contributed by atoms with E-state index in [0.717, 1.165) is 0 Å². The molecule has 0 unspecified atom stereocenters. The van der Waals surface area contributed by atoms with Crippen LogP contribution in [0.1, 0.15) is 6.92 Å². The van der Waals surface area contributed by atoms with Crippen molar-refractivity contribution in [2.24, 2.45) is 0 Å². The second-order valence-corrected chi connectivity index (χ2v) is 1.97. The van der Waals surface area contributed by atoms with Gasteiger partial charge in [-0.05, 0) is 0 Å². The first kappa shape index (κ1) is 37.9. The third-order valence-electron chi connectivity index (χ3n) is 0. The molecule has 0 aliphatic carbocycles.